The number of rotatable bonds is 6. The van der Waals surface area contributed by atoms with Gasteiger partial charge in [-0.15, -0.1) is 0 Å². The second-order valence-corrected chi connectivity index (χ2v) is 6.19. The van der Waals surface area contributed by atoms with E-state index in [1.807, 2.05) is 97.7 Å². The second kappa shape index (κ2) is 7.74. The first-order valence-corrected chi connectivity index (χ1v) is 8.47. The number of carbonyl (C=O) groups is 1. The Morgan fingerprint density at radius 1 is 0.923 bits per heavy atom. The molecule has 1 atom stereocenters. The van der Waals surface area contributed by atoms with Crippen molar-refractivity contribution in [2.24, 2.45) is 5.73 Å². The van der Waals surface area contributed by atoms with E-state index < -0.39 is 11.9 Å². The van der Waals surface area contributed by atoms with Crippen LogP contribution < -0.4 is 15.4 Å². The average molecular weight is 346 g/mol. The molecule has 4 heteroatoms. The quantitative estimate of drug-likeness (QED) is 0.717. The first kappa shape index (κ1) is 17.5. The van der Waals surface area contributed by atoms with Crippen LogP contribution in [-0.2, 0) is 4.79 Å². The fraction of sp³-hybridized carbons (Fsp3) is 0.136. The molecule has 3 aromatic carbocycles. The molecule has 0 aliphatic heterocycles. The van der Waals surface area contributed by atoms with E-state index in [0.717, 1.165) is 22.6 Å². The molecule has 2 N–H and O–H groups in total. The molecule has 1 unspecified atom stereocenters. The van der Waals surface area contributed by atoms with Crippen LogP contribution in [0, 0.1) is 6.92 Å². The Morgan fingerprint density at radius 2 is 1.54 bits per heavy atom. The van der Waals surface area contributed by atoms with Gasteiger partial charge in [0.15, 0.2) is 0 Å². The van der Waals surface area contributed by atoms with Gasteiger partial charge in [0.2, 0.25) is 5.91 Å². The van der Waals surface area contributed by atoms with E-state index in [9.17, 15) is 4.79 Å². The van der Waals surface area contributed by atoms with Gasteiger partial charge in [-0.3, -0.25) is 4.79 Å². The zero-order valence-electron chi connectivity index (χ0n) is 14.9. The van der Waals surface area contributed by atoms with Gasteiger partial charge >= 0.3 is 0 Å². The second-order valence-electron chi connectivity index (χ2n) is 6.19. The van der Waals surface area contributed by atoms with E-state index in [-0.39, 0.29) is 0 Å². The molecule has 1 amide bonds. The van der Waals surface area contributed by atoms with Gasteiger partial charge in [-0.1, -0.05) is 54.6 Å². The minimum Gasteiger partial charge on any atom is -0.457 e. The van der Waals surface area contributed by atoms with Crippen LogP contribution in [0.2, 0.25) is 0 Å². The van der Waals surface area contributed by atoms with Crippen molar-refractivity contribution in [2.75, 3.05) is 11.9 Å². The third-order valence-corrected chi connectivity index (χ3v) is 4.31. The summed E-state index contributed by atoms with van der Waals surface area (Å²) < 4.78 is 5.93. The molecule has 0 heterocycles. The van der Waals surface area contributed by atoms with Crippen molar-refractivity contribution in [3.05, 3.63) is 90.0 Å². The summed E-state index contributed by atoms with van der Waals surface area (Å²) in [6.45, 7) is 2.00. The highest BCUT2D eigenvalue weighted by Crippen LogP contribution is 2.32. The standard InChI is InChI=1S/C22H22N2O2/c1-16-13-14-19(26-18-11-7-4-8-12-18)15-20(16)24(2)21(22(23)25)17-9-5-3-6-10-17/h3-15,21H,1-2H3,(H2,23,25). The number of amides is 1. The number of aryl methyl sites for hydroxylation is 1. The van der Waals surface area contributed by atoms with Crippen molar-refractivity contribution < 1.29 is 9.53 Å². The summed E-state index contributed by atoms with van der Waals surface area (Å²) in [7, 11) is 1.87. The van der Waals surface area contributed by atoms with E-state index in [1.165, 1.54) is 0 Å². The molecule has 0 fully saturated rings. The lowest BCUT2D eigenvalue weighted by atomic mass is 10.0. The molecule has 0 aromatic heterocycles. The molecule has 0 spiro atoms. The van der Waals surface area contributed by atoms with Crippen LogP contribution in [0.25, 0.3) is 0 Å². The predicted molar refractivity (Wildman–Crippen MR) is 104 cm³/mol. The van der Waals surface area contributed by atoms with Gasteiger partial charge in [0, 0.05) is 18.8 Å². The van der Waals surface area contributed by atoms with Crippen molar-refractivity contribution >= 4 is 11.6 Å². The van der Waals surface area contributed by atoms with Crippen LogP contribution in [0.1, 0.15) is 17.2 Å². The van der Waals surface area contributed by atoms with Crippen molar-refractivity contribution in [1.29, 1.82) is 0 Å². The molecule has 0 aliphatic rings. The number of anilines is 1. The van der Waals surface area contributed by atoms with Crippen LogP contribution in [0.3, 0.4) is 0 Å². The Morgan fingerprint density at radius 3 is 2.15 bits per heavy atom. The number of hydrogen-bond donors (Lipinski definition) is 1. The van der Waals surface area contributed by atoms with Crippen molar-refractivity contribution in [2.45, 2.75) is 13.0 Å². The summed E-state index contributed by atoms with van der Waals surface area (Å²) in [5, 5.41) is 0. The highest BCUT2D eigenvalue weighted by molar-refractivity contribution is 5.85. The van der Waals surface area contributed by atoms with Gasteiger partial charge in [0.1, 0.15) is 17.5 Å². The maximum absolute atomic E-state index is 12.2. The smallest absolute Gasteiger partial charge is 0.244 e. The molecule has 132 valence electrons. The number of nitrogens with two attached hydrogens (primary N) is 1. The van der Waals surface area contributed by atoms with Gasteiger partial charge < -0.3 is 15.4 Å². The molecule has 0 radical (unpaired) electrons. The number of para-hydroxylation sites is 1. The van der Waals surface area contributed by atoms with E-state index in [1.54, 1.807) is 0 Å². The number of benzene rings is 3. The molecule has 3 rings (SSSR count). The lowest BCUT2D eigenvalue weighted by molar-refractivity contribution is -0.119. The Hall–Kier alpha value is -3.27. The number of primary amides is 1. The zero-order valence-corrected chi connectivity index (χ0v) is 14.9. The van der Waals surface area contributed by atoms with Gasteiger partial charge in [0.05, 0.1) is 0 Å². The minimum atomic E-state index is -0.554. The van der Waals surface area contributed by atoms with Gasteiger partial charge in [-0.2, -0.15) is 0 Å². The maximum Gasteiger partial charge on any atom is 0.244 e. The van der Waals surface area contributed by atoms with Crippen LogP contribution in [-0.4, -0.2) is 13.0 Å². The fourth-order valence-corrected chi connectivity index (χ4v) is 3.01. The molecule has 0 saturated heterocycles. The van der Waals surface area contributed by atoms with E-state index in [4.69, 9.17) is 10.5 Å². The third-order valence-electron chi connectivity index (χ3n) is 4.31. The van der Waals surface area contributed by atoms with Crippen LogP contribution in [0.15, 0.2) is 78.9 Å². The highest BCUT2D eigenvalue weighted by atomic mass is 16.5. The molecule has 0 aliphatic carbocycles. The molecular formula is C22H22N2O2. The van der Waals surface area contributed by atoms with E-state index in [0.29, 0.717) is 5.75 Å². The first-order chi connectivity index (χ1) is 12.6. The summed E-state index contributed by atoms with van der Waals surface area (Å²) in [6, 6.07) is 24.4. The largest absolute Gasteiger partial charge is 0.457 e. The number of ether oxygens (including phenoxy) is 1. The average Bonchev–Trinajstić information content (AvgIpc) is 2.65. The molecule has 0 bridgehead atoms. The van der Waals surface area contributed by atoms with Crippen LogP contribution in [0.4, 0.5) is 5.69 Å². The third kappa shape index (κ3) is 3.86. The molecule has 26 heavy (non-hydrogen) atoms. The molecule has 3 aromatic rings. The van der Waals surface area contributed by atoms with Gasteiger partial charge in [0.25, 0.3) is 0 Å². The maximum atomic E-state index is 12.2. The number of carbonyl (C=O) groups excluding carboxylic acids is 1. The minimum absolute atomic E-state index is 0.396. The highest BCUT2D eigenvalue weighted by Gasteiger charge is 2.24. The summed E-state index contributed by atoms with van der Waals surface area (Å²) in [4.78, 5) is 14.0. The van der Waals surface area contributed by atoms with Gasteiger partial charge in [-0.05, 0) is 36.2 Å². The normalized spacial score (nSPS) is 11.6. The molecule has 0 saturated carbocycles. The van der Waals surface area contributed by atoms with Crippen molar-refractivity contribution in [3.63, 3.8) is 0 Å². The summed E-state index contributed by atoms with van der Waals surface area (Å²) >= 11 is 0. The molecular weight excluding hydrogens is 324 g/mol. The number of hydrogen-bond acceptors (Lipinski definition) is 3. The Labute approximate surface area is 153 Å². The van der Waals surface area contributed by atoms with Crippen LogP contribution in [0.5, 0.6) is 11.5 Å². The lowest BCUT2D eigenvalue weighted by Gasteiger charge is -2.29. The summed E-state index contributed by atoms with van der Waals surface area (Å²) in [5.74, 6) is 1.08. The molecule has 4 nitrogen and oxygen atoms in total. The van der Waals surface area contributed by atoms with Crippen LogP contribution >= 0.6 is 0 Å². The topological polar surface area (TPSA) is 55.6 Å². The Bertz CT molecular complexity index is 879. The fourth-order valence-electron chi connectivity index (χ4n) is 3.01. The predicted octanol–water partition coefficient (Wildman–Crippen LogP) is 4.45. The first-order valence-electron chi connectivity index (χ1n) is 8.47. The SMILES string of the molecule is Cc1ccc(Oc2ccccc2)cc1N(C)C(C(N)=O)c1ccccc1. The van der Waals surface area contributed by atoms with Crippen molar-refractivity contribution in [1.82, 2.24) is 0 Å². The number of nitrogens with zero attached hydrogens (tertiary/aromatic N) is 1. The number of likely N-dealkylation sites (N-methyl/N-ethyl adjacent to an activating group) is 1. The van der Waals surface area contributed by atoms with Crippen molar-refractivity contribution in [3.8, 4) is 11.5 Å². The zero-order chi connectivity index (χ0) is 18.5. The summed E-state index contributed by atoms with van der Waals surface area (Å²) in [6.07, 6.45) is 0. The van der Waals surface area contributed by atoms with Gasteiger partial charge in [-0.25, -0.2) is 0 Å². The Kier molecular flexibility index (Phi) is 5.23. The monoisotopic (exact) mass is 346 g/mol. The summed E-state index contributed by atoms with van der Waals surface area (Å²) in [5.41, 5.74) is 8.50. The Balaban J connectivity index is 1.94. The van der Waals surface area contributed by atoms with E-state index >= 15 is 0 Å². The lowest BCUT2D eigenvalue weighted by Crippen LogP contribution is -2.35. The van der Waals surface area contributed by atoms with E-state index in [2.05, 4.69) is 0 Å².